The van der Waals surface area contributed by atoms with E-state index in [-0.39, 0.29) is 11.2 Å². The Morgan fingerprint density at radius 3 is 2.61 bits per heavy atom. The van der Waals surface area contributed by atoms with E-state index in [0.29, 0.717) is 17.7 Å². The van der Waals surface area contributed by atoms with Crippen molar-refractivity contribution in [3.63, 3.8) is 0 Å². The minimum atomic E-state index is 0.0144. The van der Waals surface area contributed by atoms with Gasteiger partial charge in [0.25, 0.3) is 0 Å². The number of rotatable bonds is 6. The van der Waals surface area contributed by atoms with E-state index in [1.165, 1.54) is 12.8 Å². The van der Waals surface area contributed by atoms with Crippen LogP contribution in [0.15, 0.2) is 5.16 Å². The second kappa shape index (κ2) is 6.31. The third-order valence-corrected chi connectivity index (χ3v) is 4.79. The maximum absolute atomic E-state index is 5.81. The SMILES string of the molecule is CCn1c(S[C@H](C)c2nc(N)nc(N(C)C)n2)nnc1C1CC1. The fraction of sp³-hybridized carbons (Fsp3) is 0.643. The van der Waals surface area contributed by atoms with Crippen LogP contribution in [-0.4, -0.2) is 43.8 Å². The summed E-state index contributed by atoms with van der Waals surface area (Å²) in [5.41, 5.74) is 5.81. The van der Waals surface area contributed by atoms with E-state index in [1.54, 1.807) is 11.8 Å². The van der Waals surface area contributed by atoms with Crippen LogP contribution in [-0.2, 0) is 6.54 Å². The van der Waals surface area contributed by atoms with E-state index in [4.69, 9.17) is 5.73 Å². The van der Waals surface area contributed by atoms with Gasteiger partial charge in [-0.25, -0.2) is 0 Å². The van der Waals surface area contributed by atoms with Gasteiger partial charge in [-0.3, -0.25) is 0 Å². The molecule has 0 radical (unpaired) electrons. The highest BCUT2D eigenvalue weighted by Crippen LogP contribution is 2.41. The van der Waals surface area contributed by atoms with Crippen LogP contribution in [0.2, 0.25) is 0 Å². The van der Waals surface area contributed by atoms with Crippen molar-refractivity contribution in [1.82, 2.24) is 29.7 Å². The number of aromatic nitrogens is 6. The molecule has 1 aliphatic rings. The van der Waals surface area contributed by atoms with Crippen molar-refractivity contribution in [2.75, 3.05) is 24.7 Å². The number of anilines is 2. The van der Waals surface area contributed by atoms with Gasteiger partial charge in [0.05, 0.1) is 5.25 Å². The van der Waals surface area contributed by atoms with Crippen molar-refractivity contribution in [3.05, 3.63) is 11.6 Å². The fourth-order valence-electron chi connectivity index (χ4n) is 2.32. The monoisotopic (exact) mass is 334 g/mol. The normalized spacial score (nSPS) is 15.7. The Bertz CT molecular complexity index is 694. The van der Waals surface area contributed by atoms with E-state index in [2.05, 4.69) is 36.6 Å². The Morgan fingerprint density at radius 2 is 2.00 bits per heavy atom. The molecule has 2 aromatic rings. The van der Waals surface area contributed by atoms with E-state index >= 15 is 0 Å². The zero-order valence-electron chi connectivity index (χ0n) is 13.9. The van der Waals surface area contributed by atoms with Crippen molar-refractivity contribution < 1.29 is 0 Å². The van der Waals surface area contributed by atoms with Gasteiger partial charge in [-0.1, -0.05) is 11.8 Å². The zero-order valence-corrected chi connectivity index (χ0v) is 14.7. The molecule has 3 rings (SSSR count). The second-order valence-corrected chi connectivity index (χ2v) is 7.17. The molecular weight excluding hydrogens is 312 g/mol. The van der Waals surface area contributed by atoms with Crippen LogP contribution in [0, 0.1) is 0 Å². The molecule has 0 unspecified atom stereocenters. The molecule has 0 amide bonds. The Hall–Kier alpha value is -1.90. The average molecular weight is 334 g/mol. The number of hydrogen-bond donors (Lipinski definition) is 1. The molecule has 1 saturated carbocycles. The van der Waals surface area contributed by atoms with Crippen molar-refractivity contribution >= 4 is 23.7 Å². The van der Waals surface area contributed by atoms with Crippen LogP contribution < -0.4 is 10.6 Å². The molecule has 2 N–H and O–H groups in total. The molecule has 1 fully saturated rings. The van der Waals surface area contributed by atoms with Gasteiger partial charge in [0.2, 0.25) is 11.9 Å². The number of nitrogen functional groups attached to an aromatic ring is 1. The molecule has 8 nitrogen and oxygen atoms in total. The predicted molar refractivity (Wildman–Crippen MR) is 90.5 cm³/mol. The number of thioether (sulfide) groups is 1. The van der Waals surface area contributed by atoms with Gasteiger partial charge in [-0.2, -0.15) is 15.0 Å². The van der Waals surface area contributed by atoms with Gasteiger partial charge in [-0.05, 0) is 26.7 Å². The topological polar surface area (TPSA) is 98.6 Å². The van der Waals surface area contributed by atoms with Gasteiger partial charge in [0, 0.05) is 26.6 Å². The first-order valence-electron chi connectivity index (χ1n) is 7.78. The summed E-state index contributed by atoms with van der Waals surface area (Å²) in [5.74, 6) is 3.15. The molecule has 0 spiro atoms. The second-order valence-electron chi connectivity index (χ2n) is 5.87. The molecule has 0 bridgehead atoms. The summed E-state index contributed by atoms with van der Waals surface area (Å²) in [6.07, 6.45) is 2.43. The minimum Gasteiger partial charge on any atom is -0.368 e. The molecule has 124 valence electrons. The number of nitrogens with two attached hydrogens (primary N) is 1. The Labute approximate surface area is 139 Å². The lowest BCUT2D eigenvalue weighted by Crippen LogP contribution is -2.16. The molecule has 1 aliphatic carbocycles. The lowest BCUT2D eigenvalue weighted by Gasteiger charge is -2.15. The molecule has 2 aromatic heterocycles. The molecule has 0 aliphatic heterocycles. The van der Waals surface area contributed by atoms with E-state index in [9.17, 15) is 0 Å². The largest absolute Gasteiger partial charge is 0.368 e. The van der Waals surface area contributed by atoms with Crippen LogP contribution in [0.25, 0.3) is 0 Å². The summed E-state index contributed by atoms with van der Waals surface area (Å²) < 4.78 is 2.19. The summed E-state index contributed by atoms with van der Waals surface area (Å²) in [7, 11) is 3.76. The Balaban J connectivity index is 1.83. The maximum atomic E-state index is 5.81. The summed E-state index contributed by atoms with van der Waals surface area (Å²) >= 11 is 1.61. The quantitative estimate of drug-likeness (QED) is 0.799. The molecule has 1 atom stereocenters. The van der Waals surface area contributed by atoms with Crippen LogP contribution in [0.4, 0.5) is 11.9 Å². The van der Waals surface area contributed by atoms with Crippen molar-refractivity contribution in [2.24, 2.45) is 0 Å². The Kier molecular flexibility index (Phi) is 4.38. The van der Waals surface area contributed by atoms with Crippen molar-refractivity contribution in [1.29, 1.82) is 0 Å². The van der Waals surface area contributed by atoms with Gasteiger partial charge in [0.1, 0.15) is 11.6 Å². The van der Waals surface area contributed by atoms with E-state index in [0.717, 1.165) is 17.5 Å². The molecule has 23 heavy (non-hydrogen) atoms. The van der Waals surface area contributed by atoms with Gasteiger partial charge in [-0.15, -0.1) is 10.2 Å². The summed E-state index contributed by atoms with van der Waals surface area (Å²) in [5, 5.41) is 9.65. The lowest BCUT2D eigenvalue weighted by molar-refractivity contribution is 0.642. The zero-order chi connectivity index (χ0) is 16.6. The van der Waals surface area contributed by atoms with Gasteiger partial charge < -0.3 is 15.2 Å². The van der Waals surface area contributed by atoms with Crippen molar-refractivity contribution in [2.45, 2.75) is 49.6 Å². The van der Waals surface area contributed by atoms with Crippen LogP contribution in [0.1, 0.15) is 49.5 Å². The minimum absolute atomic E-state index is 0.0144. The first-order chi connectivity index (χ1) is 11.0. The van der Waals surface area contributed by atoms with Crippen molar-refractivity contribution in [3.8, 4) is 0 Å². The highest BCUT2D eigenvalue weighted by Gasteiger charge is 2.30. The highest BCUT2D eigenvalue weighted by molar-refractivity contribution is 7.99. The van der Waals surface area contributed by atoms with E-state index < -0.39 is 0 Å². The smallest absolute Gasteiger partial charge is 0.229 e. The molecule has 0 saturated heterocycles. The van der Waals surface area contributed by atoms with Gasteiger partial charge in [0.15, 0.2) is 5.16 Å². The number of hydrogen-bond acceptors (Lipinski definition) is 8. The van der Waals surface area contributed by atoms with Crippen LogP contribution in [0.3, 0.4) is 0 Å². The third kappa shape index (κ3) is 3.39. The van der Waals surface area contributed by atoms with Gasteiger partial charge >= 0.3 is 0 Å². The summed E-state index contributed by atoms with van der Waals surface area (Å²) in [4.78, 5) is 14.7. The lowest BCUT2D eigenvalue weighted by atomic mass is 10.4. The molecular formula is C14H22N8S. The highest BCUT2D eigenvalue weighted by atomic mass is 32.2. The fourth-order valence-corrected chi connectivity index (χ4v) is 3.28. The molecule has 0 aromatic carbocycles. The molecule has 9 heteroatoms. The third-order valence-electron chi connectivity index (χ3n) is 3.71. The average Bonchev–Trinajstić information content (AvgIpc) is 3.28. The number of nitrogens with zero attached hydrogens (tertiary/aromatic N) is 7. The standard InChI is InChI=1S/C14H22N8S/c1-5-22-11(9-6-7-9)19-20-14(22)23-8(2)10-16-12(15)18-13(17-10)21(3)4/h8-9H,5-7H2,1-4H3,(H2,15,16,17,18)/t8-/m1/s1. The predicted octanol–water partition coefficient (Wildman–Crippen LogP) is 1.86. The van der Waals surface area contributed by atoms with E-state index in [1.807, 2.05) is 25.9 Å². The van der Waals surface area contributed by atoms with Crippen LogP contribution >= 0.6 is 11.8 Å². The summed E-state index contributed by atoms with van der Waals surface area (Å²) in [6, 6.07) is 0. The first kappa shape index (κ1) is 16.0. The summed E-state index contributed by atoms with van der Waals surface area (Å²) in [6.45, 7) is 5.04. The Morgan fingerprint density at radius 1 is 1.26 bits per heavy atom. The van der Waals surface area contributed by atoms with Crippen LogP contribution in [0.5, 0.6) is 0 Å². The molecule has 2 heterocycles. The first-order valence-corrected chi connectivity index (χ1v) is 8.66. The maximum Gasteiger partial charge on any atom is 0.229 e.